The molecule has 0 radical (unpaired) electrons. The zero-order chi connectivity index (χ0) is 10.8. The average Bonchev–Trinajstić information content (AvgIpc) is 2.10. The summed E-state index contributed by atoms with van der Waals surface area (Å²) in [7, 11) is 0. The molecule has 0 aliphatic heterocycles. The monoisotopic (exact) mass is 212 g/mol. The molecule has 0 aliphatic rings. The summed E-state index contributed by atoms with van der Waals surface area (Å²) in [5.74, 6) is 1.40. The molecule has 1 rings (SSSR count). The van der Waals surface area contributed by atoms with Gasteiger partial charge in [-0.05, 0) is 39.3 Å². The number of rotatable bonds is 3. The van der Waals surface area contributed by atoms with Crippen LogP contribution in [0.2, 0.25) is 0 Å². The number of alkyl halides is 1. The molecule has 2 heteroatoms. The smallest absolute Gasteiger partial charge is 0.123 e. The molecule has 0 unspecified atom stereocenters. The van der Waals surface area contributed by atoms with Gasteiger partial charge in [0, 0.05) is 0 Å². The number of halogens is 1. The molecule has 78 valence electrons. The number of hydrogen-bond donors (Lipinski definition) is 0. The van der Waals surface area contributed by atoms with Crippen molar-refractivity contribution in [2.24, 2.45) is 0 Å². The minimum atomic E-state index is -0.304. The summed E-state index contributed by atoms with van der Waals surface area (Å²) >= 11 is 5.80. The molecule has 1 nitrogen and oxygen atoms in total. The highest BCUT2D eigenvalue weighted by molar-refractivity contribution is 6.18. The molecule has 14 heavy (non-hydrogen) atoms. The summed E-state index contributed by atoms with van der Waals surface area (Å²) in [5, 5.41) is 0. The zero-order valence-electron chi connectivity index (χ0n) is 9.23. The fourth-order valence-electron chi connectivity index (χ4n) is 1.24. The van der Waals surface area contributed by atoms with Crippen molar-refractivity contribution < 1.29 is 4.74 Å². The van der Waals surface area contributed by atoms with Gasteiger partial charge in [-0.2, -0.15) is 0 Å². The van der Waals surface area contributed by atoms with Crippen LogP contribution in [0.25, 0.3) is 0 Å². The first kappa shape index (κ1) is 11.4. The summed E-state index contributed by atoms with van der Waals surface area (Å²) in [6.45, 7) is 8.09. The van der Waals surface area contributed by atoms with Crippen LogP contribution in [0.15, 0.2) is 18.2 Å². The minimum Gasteiger partial charge on any atom is -0.486 e. The van der Waals surface area contributed by atoms with E-state index in [-0.39, 0.29) is 5.60 Å². The van der Waals surface area contributed by atoms with E-state index in [1.165, 1.54) is 5.56 Å². The Morgan fingerprint density at radius 1 is 1.29 bits per heavy atom. The topological polar surface area (TPSA) is 9.23 Å². The lowest BCUT2D eigenvalue weighted by atomic mass is 10.1. The van der Waals surface area contributed by atoms with Gasteiger partial charge in [-0.15, -0.1) is 11.6 Å². The fraction of sp³-hybridized carbons (Fsp3) is 0.500. The van der Waals surface area contributed by atoms with Crippen molar-refractivity contribution in [1.29, 1.82) is 0 Å². The minimum absolute atomic E-state index is 0.304. The molecule has 0 saturated carbocycles. The van der Waals surface area contributed by atoms with Crippen molar-refractivity contribution in [1.82, 2.24) is 0 Å². The van der Waals surface area contributed by atoms with Crippen LogP contribution in [0.5, 0.6) is 5.75 Å². The quantitative estimate of drug-likeness (QED) is 0.695. The van der Waals surface area contributed by atoms with Crippen LogP contribution in [-0.2, 0) is 0 Å². The molecule has 0 N–H and O–H groups in total. The van der Waals surface area contributed by atoms with Crippen LogP contribution in [0, 0.1) is 13.8 Å². The normalized spacial score (nSPS) is 11.5. The van der Waals surface area contributed by atoms with Crippen LogP contribution in [0.4, 0.5) is 0 Å². The van der Waals surface area contributed by atoms with E-state index in [1.54, 1.807) is 0 Å². The average molecular weight is 213 g/mol. The van der Waals surface area contributed by atoms with E-state index in [9.17, 15) is 0 Å². The zero-order valence-corrected chi connectivity index (χ0v) is 9.98. The number of ether oxygens (including phenoxy) is 1. The SMILES string of the molecule is Cc1ccc(OC(C)(C)CCl)c(C)c1. The molecular formula is C12H17ClO. The molecule has 0 fully saturated rings. The molecule has 0 aliphatic carbocycles. The molecule has 0 atom stereocenters. The Labute approximate surface area is 91.0 Å². The lowest BCUT2D eigenvalue weighted by Gasteiger charge is -2.25. The Kier molecular flexibility index (Phi) is 3.43. The van der Waals surface area contributed by atoms with E-state index in [0.717, 1.165) is 11.3 Å². The third-order valence-electron chi connectivity index (χ3n) is 2.04. The van der Waals surface area contributed by atoms with Crippen molar-refractivity contribution in [3.05, 3.63) is 29.3 Å². The largest absolute Gasteiger partial charge is 0.486 e. The Morgan fingerprint density at radius 3 is 2.43 bits per heavy atom. The van der Waals surface area contributed by atoms with Crippen LogP contribution < -0.4 is 4.74 Å². The van der Waals surface area contributed by atoms with Crippen LogP contribution >= 0.6 is 11.6 Å². The predicted octanol–water partition coefficient (Wildman–Crippen LogP) is 3.70. The molecule has 0 heterocycles. The molecule has 1 aromatic carbocycles. The number of benzene rings is 1. The van der Waals surface area contributed by atoms with Crippen molar-refractivity contribution in [2.75, 3.05) is 5.88 Å². The second kappa shape index (κ2) is 4.22. The third kappa shape index (κ3) is 2.91. The summed E-state index contributed by atoms with van der Waals surface area (Å²) in [4.78, 5) is 0. The van der Waals surface area contributed by atoms with Gasteiger partial charge in [-0.3, -0.25) is 0 Å². The molecule has 1 aromatic rings. The maximum absolute atomic E-state index is 5.80. The van der Waals surface area contributed by atoms with E-state index < -0.39 is 0 Å². The molecule has 0 aromatic heterocycles. The molecule has 0 saturated heterocycles. The summed E-state index contributed by atoms with van der Waals surface area (Å²) in [5.41, 5.74) is 2.10. The second-order valence-corrected chi connectivity index (χ2v) is 4.53. The van der Waals surface area contributed by atoms with Gasteiger partial charge in [0.25, 0.3) is 0 Å². The Bertz CT molecular complexity index is 318. The van der Waals surface area contributed by atoms with Crippen LogP contribution in [-0.4, -0.2) is 11.5 Å². The van der Waals surface area contributed by atoms with Gasteiger partial charge >= 0.3 is 0 Å². The maximum Gasteiger partial charge on any atom is 0.123 e. The molecule has 0 bridgehead atoms. The highest BCUT2D eigenvalue weighted by atomic mass is 35.5. The number of hydrogen-bond acceptors (Lipinski definition) is 1. The first-order valence-corrected chi connectivity index (χ1v) is 5.30. The number of aryl methyl sites for hydroxylation is 2. The maximum atomic E-state index is 5.80. The van der Waals surface area contributed by atoms with Crippen molar-refractivity contribution in [3.63, 3.8) is 0 Å². The van der Waals surface area contributed by atoms with Gasteiger partial charge in [-0.25, -0.2) is 0 Å². The first-order chi connectivity index (χ1) is 6.44. The fourth-order valence-corrected chi connectivity index (χ4v) is 1.29. The van der Waals surface area contributed by atoms with Crippen LogP contribution in [0.3, 0.4) is 0 Å². The van der Waals surface area contributed by atoms with E-state index in [1.807, 2.05) is 32.9 Å². The first-order valence-electron chi connectivity index (χ1n) is 4.77. The predicted molar refractivity (Wildman–Crippen MR) is 61.3 cm³/mol. The summed E-state index contributed by atoms with van der Waals surface area (Å²) in [6.07, 6.45) is 0. The van der Waals surface area contributed by atoms with Crippen molar-refractivity contribution in [3.8, 4) is 5.75 Å². The van der Waals surface area contributed by atoms with E-state index in [4.69, 9.17) is 16.3 Å². The van der Waals surface area contributed by atoms with Gasteiger partial charge < -0.3 is 4.74 Å². The van der Waals surface area contributed by atoms with Gasteiger partial charge in [0.1, 0.15) is 11.4 Å². The Hall–Kier alpha value is -0.690. The molecule has 0 amide bonds. The second-order valence-electron chi connectivity index (χ2n) is 4.26. The lowest BCUT2D eigenvalue weighted by Crippen LogP contribution is -2.30. The highest BCUT2D eigenvalue weighted by Gasteiger charge is 2.18. The van der Waals surface area contributed by atoms with Gasteiger partial charge in [0.15, 0.2) is 0 Å². The summed E-state index contributed by atoms with van der Waals surface area (Å²) in [6, 6.07) is 6.16. The van der Waals surface area contributed by atoms with Crippen molar-refractivity contribution in [2.45, 2.75) is 33.3 Å². The van der Waals surface area contributed by atoms with E-state index in [0.29, 0.717) is 5.88 Å². The molecule has 0 spiro atoms. The van der Waals surface area contributed by atoms with Gasteiger partial charge in [0.2, 0.25) is 0 Å². The van der Waals surface area contributed by atoms with Crippen LogP contribution in [0.1, 0.15) is 25.0 Å². The van der Waals surface area contributed by atoms with E-state index >= 15 is 0 Å². The van der Waals surface area contributed by atoms with Gasteiger partial charge in [0.05, 0.1) is 5.88 Å². The Balaban J connectivity index is 2.87. The van der Waals surface area contributed by atoms with E-state index in [2.05, 4.69) is 13.0 Å². The lowest BCUT2D eigenvalue weighted by molar-refractivity contribution is 0.133. The summed E-state index contributed by atoms with van der Waals surface area (Å²) < 4.78 is 5.80. The van der Waals surface area contributed by atoms with Crippen molar-refractivity contribution >= 4 is 11.6 Å². The van der Waals surface area contributed by atoms with Gasteiger partial charge in [-0.1, -0.05) is 17.7 Å². The third-order valence-corrected chi connectivity index (χ3v) is 2.68. The Morgan fingerprint density at radius 2 is 1.93 bits per heavy atom. The molecular weight excluding hydrogens is 196 g/mol. The standard InChI is InChI=1S/C12H17ClO/c1-9-5-6-11(10(2)7-9)14-12(3,4)8-13/h5-7H,8H2,1-4H3. The highest BCUT2D eigenvalue weighted by Crippen LogP contribution is 2.24.